The van der Waals surface area contributed by atoms with Crippen molar-refractivity contribution in [1.29, 1.82) is 0 Å². The van der Waals surface area contributed by atoms with E-state index in [1.54, 1.807) is 41.1 Å². The van der Waals surface area contributed by atoms with Gasteiger partial charge < -0.3 is 24.3 Å². The predicted molar refractivity (Wildman–Crippen MR) is 174 cm³/mol. The van der Waals surface area contributed by atoms with Gasteiger partial charge in [0.05, 0.1) is 22.8 Å². The average molecular weight is 649 g/mol. The fourth-order valence-corrected chi connectivity index (χ4v) is 6.43. The smallest absolute Gasteiger partial charge is 0.199 e. The Hall–Kier alpha value is -4.19. The van der Waals surface area contributed by atoms with Crippen LogP contribution in [0.25, 0.3) is 22.3 Å². The Labute approximate surface area is 266 Å². The van der Waals surface area contributed by atoms with Gasteiger partial charge >= 0.3 is 0 Å². The molecule has 5 aromatic rings. The van der Waals surface area contributed by atoms with E-state index in [9.17, 15) is 0 Å². The second-order valence-corrected chi connectivity index (χ2v) is 18.3. The van der Waals surface area contributed by atoms with Crippen LogP contribution in [0, 0.1) is 23.3 Å². The van der Waals surface area contributed by atoms with E-state index in [2.05, 4.69) is 41.5 Å². The number of hydrogen-bond acceptors (Lipinski definition) is 4. The molecule has 0 saturated carbocycles. The lowest BCUT2D eigenvalue weighted by Crippen LogP contribution is -2.31. The third-order valence-electron chi connectivity index (χ3n) is 8.15. The van der Waals surface area contributed by atoms with Crippen molar-refractivity contribution in [2.75, 3.05) is 13.2 Å². The summed E-state index contributed by atoms with van der Waals surface area (Å²) in [4.78, 5) is 7.84. The molecule has 0 fully saturated rings. The molecule has 240 valence electrons. The van der Waals surface area contributed by atoms with E-state index < -0.39 is 37.3 Å². The van der Waals surface area contributed by atoms with E-state index >= 15 is 17.6 Å². The second kappa shape index (κ2) is 12.9. The molecule has 6 rings (SSSR count). The SMILES string of the molecule is C=CCc1cccc(C2NCCc3[nH]c(-c4cc(Oc5c(F)cc6c(ccn6COCC[Si](C)(C)C)c5F)ccc4F)nc32)c1F. The maximum Gasteiger partial charge on any atom is 0.199 e. The van der Waals surface area contributed by atoms with Crippen molar-refractivity contribution >= 4 is 19.0 Å². The molecule has 0 saturated heterocycles. The van der Waals surface area contributed by atoms with Crippen molar-refractivity contribution in [2.45, 2.75) is 51.3 Å². The molecule has 1 unspecified atom stereocenters. The van der Waals surface area contributed by atoms with Gasteiger partial charge in [0, 0.05) is 56.6 Å². The number of allylic oxidation sites excluding steroid dienone is 1. The molecule has 1 aliphatic heterocycles. The molecule has 46 heavy (non-hydrogen) atoms. The molecule has 0 aliphatic carbocycles. The Kier molecular flexibility index (Phi) is 8.91. The van der Waals surface area contributed by atoms with E-state index in [4.69, 9.17) is 9.47 Å². The lowest BCUT2D eigenvalue weighted by molar-refractivity contribution is 0.0902. The van der Waals surface area contributed by atoms with E-state index in [0.717, 1.165) is 17.8 Å². The highest BCUT2D eigenvalue weighted by molar-refractivity contribution is 6.76. The van der Waals surface area contributed by atoms with Gasteiger partial charge in [0.15, 0.2) is 17.4 Å². The first kappa shape index (κ1) is 31.8. The molecule has 0 bridgehead atoms. The van der Waals surface area contributed by atoms with Crippen LogP contribution in [0.3, 0.4) is 0 Å². The van der Waals surface area contributed by atoms with Crippen LogP contribution in [0.5, 0.6) is 11.5 Å². The summed E-state index contributed by atoms with van der Waals surface area (Å²) in [6.07, 6.45) is 4.24. The van der Waals surface area contributed by atoms with Crippen LogP contribution in [0.2, 0.25) is 25.7 Å². The Morgan fingerprint density at radius 1 is 1.04 bits per heavy atom. The molecule has 3 heterocycles. The van der Waals surface area contributed by atoms with Gasteiger partial charge in [-0.25, -0.2) is 22.5 Å². The molecular formula is C35H36F4N4O2Si. The van der Waals surface area contributed by atoms with Gasteiger partial charge in [-0.05, 0) is 42.3 Å². The predicted octanol–water partition coefficient (Wildman–Crippen LogP) is 8.66. The highest BCUT2D eigenvalue weighted by atomic mass is 28.3. The summed E-state index contributed by atoms with van der Waals surface area (Å²) in [5, 5.41) is 3.49. The maximum absolute atomic E-state index is 15.6. The van der Waals surface area contributed by atoms with Gasteiger partial charge in [-0.1, -0.05) is 43.9 Å². The summed E-state index contributed by atoms with van der Waals surface area (Å²) in [6.45, 7) is 11.8. The van der Waals surface area contributed by atoms with Crippen molar-refractivity contribution in [3.05, 3.63) is 113 Å². The minimum Gasteiger partial charge on any atom is -0.451 e. The first-order valence-corrected chi connectivity index (χ1v) is 19.0. The second-order valence-electron chi connectivity index (χ2n) is 12.7. The molecule has 3 aromatic carbocycles. The van der Waals surface area contributed by atoms with Crippen molar-refractivity contribution in [2.24, 2.45) is 0 Å². The summed E-state index contributed by atoms with van der Waals surface area (Å²) >= 11 is 0. The first-order valence-electron chi connectivity index (χ1n) is 15.3. The van der Waals surface area contributed by atoms with Crippen molar-refractivity contribution in [3.63, 3.8) is 0 Å². The number of H-pyrrole nitrogens is 1. The first-order chi connectivity index (χ1) is 22.0. The van der Waals surface area contributed by atoms with Gasteiger partial charge in [0.1, 0.15) is 29.9 Å². The van der Waals surface area contributed by atoms with Gasteiger partial charge in [0.2, 0.25) is 0 Å². The Morgan fingerprint density at radius 2 is 1.87 bits per heavy atom. The fraction of sp³-hybridized carbons (Fsp3) is 0.286. The lowest BCUT2D eigenvalue weighted by Gasteiger charge is -2.24. The summed E-state index contributed by atoms with van der Waals surface area (Å²) < 4.78 is 74.6. The molecule has 6 nitrogen and oxygen atoms in total. The standard InChI is InChI=1S/C35H36F4N4O2Si/c1-5-7-21-8-6-9-24(30(21)38)32-33-28(12-14-40-32)41-35(42-33)25-18-22(10-11-26(25)36)45-34-27(37)19-29-23(31(34)39)13-15-43(29)20-44-16-17-46(2,3)4/h5-6,8-11,13,15,18-19,32,40H,1,7,12,14,16-17,20H2,2-4H3,(H,41,42). The van der Waals surface area contributed by atoms with Gasteiger partial charge in [0.25, 0.3) is 0 Å². The largest absolute Gasteiger partial charge is 0.451 e. The number of hydrogen-bond donors (Lipinski definition) is 2. The van der Waals surface area contributed by atoms with Gasteiger partial charge in [-0.15, -0.1) is 6.58 Å². The molecular weight excluding hydrogens is 612 g/mol. The van der Waals surface area contributed by atoms with E-state index in [0.29, 0.717) is 48.3 Å². The number of fused-ring (bicyclic) bond motifs is 2. The zero-order valence-electron chi connectivity index (χ0n) is 26.0. The quantitative estimate of drug-likeness (QED) is 0.0652. The molecule has 11 heteroatoms. The van der Waals surface area contributed by atoms with Gasteiger partial charge in [-0.2, -0.15) is 0 Å². The van der Waals surface area contributed by atoms with Crippen molar-refractivity contribution in [3.8, 4) is 22.9 Å². The minimum absolute atomic E-state index is 0.0230. The number of halogens is 4. The number of aromatic amines is 1. The number of nitrogens with zero attached hydrogens (tertiary/aromatic N) is 2. The van der Waals surface area contributed by atoms with Crippen LogP contribution in [0.15, 0.2) is 67.4 Å². The van der Waals surface area contributed by atoms with Gasteiger partial charge in [-0.3, -0.25) is 0 Å². The number of ether oxygens (including phenoxy) is 2. The molecule has 2 N–H and O–H groups in total. The molecule has 1 atom stereocenters. The van der Waals surface area contributed by atoms with E-state index in [1.807, 2.05) is 0 Å². The number of benzene rings is 3. The lowest BCUT2D eigenvalue weighted by atomic mass is 9.95. The zero-order chi connectivity index (χ0) is 32.6. The summed E-state index contributed by atoms with van der Waals surface area (Å²) in [5.41, 5.74) is 2.64. The van der Waals surface area contributed by atoms with E-state index in [1.165, 1.54) is 18.2 Å². The van der Waals surface area contributed by atoms with Crippen LogP contribution < -0.4 is 10.1 Å². The topological polar surface area (TPSA) is 64.1 Å². The summed E-state index contributed by atoms with van der Waals surface area (Å²) in [7, 11) is -1.27. The Morgan fingerprint density at radius 3 is 2.65 bits per heavy atom. The average Bonchev–Trinajstić information content (AvgIpc) is 3.63. The molecule has 0 amide bonds. The molecule has 0 radical (unpaired) electrons. The molecule has 0 spiro atoms. The highest BCUT2D eigenvalue weighted by Crippen LogP contribution is 2.37. The minimum atomic E-state index is -1.27. The highest BCUT2D eigenvalue weighted by Gasteiger charge is 2.29. The third kappa shape index (κ3) is 6.40. The molecule has 2 aromatic heterocycles. The number of nitrogens with one attached hydrogen (secondary N) is 2. The number of imidazole rings is 1. The van der Waals surface area contributed by atoms with Crippen LogP contribution in [0.1, 0.15) is 28.6 Å². The molecule has 1 aliphatic rings. The maximum atomic E-state index is 15.6. The third-order valence-corrected chi connectivity index (χ3v) is 9.86. The normalized spacial score (nSPS) is 14.9. The summed E-state index contributed by atoms with van der Waals surface area (Å²) in [5.74, 6) is -3.09. The number of rotatable bonds is 11. The Balaban J connectivity index is 1.27. The van der Waals surface area contributed by atoms with Crippen LogP contribution >= 0.6 is 0 Å². The monoisotopic (exact) mass is 648 g/mol. The van der Waals surface area contributed by atoms with Crippen molar-refractivity contribution < 1.29 is 27.0 Å². The van der Waals surface area contributed by atoms with Crippen LogP contribution in [-0.4, -0.2) is 35.8 Å². The number of aromatic nitrogens is 3. The Bertz CT molecular complexity index is 1910. The fourth-order valence-electron chi connectivity index (χ4n) is 5.67. The van der Waals surface area contributed by atoms with E-state index in [-0.39, 0.29) is 35.1 Å². The zero-order valence-corrected chi connectivity index (χ0v) is 27.0. The summed E-state index contributed by atoms with van der Waals surface area (Å²) in [6, 6.07) is 12.2. The van der Waals surface area contributed by atoms with Crippen LogP contribution in [0.4, 0.5) is 17.6 Å². The van der Waals surface area contributed by atoms with Crippen molar-refractivity contribution in [1.82, 2.24) is 19.9 Å². The van der Waals surface area contributed by atoms with Crippen LogP contribution in [-0.2, 0) is 24.3 Å².